The molecule has 1 saturated heterocycles. The van der Waals surface area contributed by atoms with Crippen molar-refractivity contribution in [3.63, 3.8) is 0 Å². The number of methoxy groups -OCH3 is 1. The number of hydrogen-bond donors (Lipinski definition) is 1. The van der Waals surface area contributed by atoms with E-state index in [1.165, 1.54) is 0 Å². The molecule has 1 aliphatic rings. The summed E-state index contributed by atoms with van der Waals surface area (Å²) < 4.78 is 9.69. The summed E-state index contributed by atoms with van der Waals surface area (Å²) >= 11 is 0. The molecular weight excluding hydrogens is 184 g/mol. The van der Waals surface area contributed by atoms with E-state index in [1.807, 2.05) is 6.07 Å². The van der Waals surface area contributed by atoms with Crippen molar-refractivity contribution in [3.05, 3.63) is 23.9 Å². The van der Waals surface area contributed by atoms with Crippen molar-refractivity contribution >= 4 is 6.09 Å². The monoisotopic (exact) mass is 194 g/mol. The number of rotatable bonds is 2. The number of ether oxygens (including phenoxy) is 2. The fraction of sp³-hybridized carbons (Fsp3) is 0.333. The van der Waals surface area contributed by atoms with Crippen LogP contribution in [-0.4, -0.2) is 24.8 Å². The van der Waals surface area contributed by atoms with Gasteiger partial charge < -0.3 is 14.8 Å². The summed E-state index contributed by atoms with van der Waals surface area (Å²) in [5.74, 6) is 0.555. The van der Waals surface area contributed by atoms with Gasteiger partial charge in [-0.15, -0.1) is 0 Å². The van der Waals surface area contributed by atoms with Gasteiger partial charge in [0, 0.05) is 12.3 Å². The van der Waals surface area contributed by atoms with Crippen molar-refractivity contribution in [2.24, 2.45) is 0 Å². The highest BCUT2D eigenvalue weighted by Gasteiger charge is 2.23. The predicted octanol–water partition coefficient (Wildman–Crippen LogP) is 0.871. The zero-order valence-electron chi connectivity index (χ0n) is 7.69. The van der Waals surface area contributed by atoms with Crippen molar-refractivity contribution in [3.8, 4) is 5.88 Å². The number of carbonyl (C=O) groups is 1. The third-order valence-corrected chi connectivity index (χ3v) is 2.04. The lowest BCUT2D eigenvalue weighted by Gasteiger charge is -2.06. The highest BCUT2D eigenvalue weighted by Crippen LogP contribution is 2.18. The summed E-state index contributed by atoms with van der Waals surface area (Å²) in [6.07, 6.45) is 1.28. The van der Waals surface area contributed by atoms with Crippen molar-refractivity contribution in [1.29, 1.82) is 0 Å². The number of carbonyl (C=O) groups excluding carboxylic acids is 1. The van der Waals surface area contributed by atoms with Gasteiger partial charge in [0.2, 0.25) is 5.88 Å². The third-order valence-electron chi connectivity index (χ3n) is 2.04. The van der Waals surface area contributed by atoms with Crippen LogP contribution < -0.4 is 10.1 Å². The molecule has 1 N–H and O–H groups in total. The Bertz CT molecular complexity index is 336. The van der Waals surface area contributed by atoms with Gasteiger partial charge in [-0.2, -0.15) is 0 Å². The quantitative estimate of drug-likeness (QED) is 0.758. The predicted molar refractivity (Wildman–Crippen MR) is 48.0 cm³/mol. The second-order valence-electron chi connectivity index (χ2n) is 2.93. The summed E-state index contributed by atoms with van der Waals surface area (Å²) in [5, 5.41) is 2.67. The zero-order valence-corrected chi connectivity index (χ0v) is 7.69. The standard InChI is InChI=1S/C9H10N2O3/c1-13-8-3-2-6(4-10-8)7-5-14-9(12)11-7/h2-4,7H,5H2,1H3,(H,11,12)/t7-/m1/s1. The van der Waals surface area contributed by atoms with Gasteiger partial charge >= 0.3 is 6.09 Å². The lowest BCUT2D eigenvalue weighted by atomic mass is 10.1. The first-order valence-electron chi connectivity index (χ1n) is 4.23. The Balaban J connectivity index is 2.13. The van der Waals surface area contributed by atoms with Crippen molar-refractivity contribution in [1.82, 2.24) is 10.3 Å². The van der Waals surface area contributed by atoms with Gasteiger partial charge in [0.25, 0.3) is 0 Å². The molecule has 74 valence electrons. The van der Waals surface area contributed by atoms with Crippen LogP contribution in [0.3, 0.4) is 0 Å². The van der Waals surface area contributed by atoms with Crippen LogP contribution in [0.5, 0.6) is 5.88 Å². The molecule has 14 heavy (non-hydrogen) atoms. The van der Waals surface area contributed by atoms with E-state index in [0.717, 1.165) is 5.56 Å². The molecular formula is C9H10N2O3. The van der Waals surface area contributed by atoms with Crippen LogP contribution >= 0.6 is 0 Å². The highest BCUT2D eigenvalue weighted by molar-refractivity contribution is 5.70. The van der Waals surface area contributed by atoms with Crippen LogP contribution in [0.25, 0.3) is 0 Å². The topological polar surface area (TPSA) is 60.5 Å². The summed E-state index contributed by atoms with van der Waals surface area (Å²) in [6, 6.07) is 3.51. The molecule has 1 fully saturated rings. The van der Waals surface area contributed by atoms with Crippen LogP contribution in [0.4, 0.5) is 4.79 Å². The van der Waals surface area contributed by atoms with Crippen LogP contribution in [0, 0.1) is 0 Å². The van der Waals surface area contributed by atoms with Gasteiger partial charge in [-0.1, -0.05) is 0 Å². The Kier molecular flexibility index (Phi) is 2.22. The second-order valence-corrected chi connectivity index (χ2v) is 2.93. The number of aromatic nitrogens is 1. The number of hydrogen-bond acceptors (Lipinski definition) is 4. The third kappa shape index (κ3) is 1.61. The Morgan fingerprint density at radius 3 is 3.00 bits per heavy atom. The maximum atomic E-state index is 10.8. The Morgan fingerprint density at radius 1 is 1.64 bits per heavy atom. The van der Waals surface area contributed by atoms with Crippen LogP contribution in [-0.2, 0) is 4.74 Å². The molecule has 1 amide bonds. The van der Waals surface area contributed by atoms with Gasteiger partial charge in [-0.25, -0.2) is 9.78 Å². The van der Waals surface area contributed by atoms with E-state index in [2.05, 4.69) is 10.3 Å². The molecule has 1 aromatic heterocycles. The second kappa shape index (κ2) is 3.53. The van der Waals surface area contributed by atoms with Crippen molar-refractivity contribution in [2.75, 3.05) is 13.7 Å². The SMILES string of the molecule is COc1ccc([C@H]2COC(=O)N2)cn1. The first-order valence-corrected chi connectivity index (χ1v) is 4.23. The van der Waals surface area contributed by atoms with Crippen LogP contribution in [0.1, 0.15) is 11.6 Å². The van der Waals surface area contributed by atoms with Crippen molar-refractivity contribution < 1.29 is 14.3 Å². The summed E-state index contributed by atoms with van der Waals surface area (Å²) in [5.41, 5.74) is 0.914. The summed E-state index contributed by atoms with van der Waals surface area (Å²) in [6.45, 7) is 0.354. The van der Waals surface area contributed by atoms with Gasteiger partial charge in [-0.05, 0) is 11.6 Å². The molecule has 0 saturated carbocycles. The van der Waals surface area contributed by atoms with E-state index < -0.39 is 0 Å². The molecule has 1 atom stereocenters. The van der Waals surface area contributed by atoms with E-state index in [0.29, 0.717) is 12.5 Å². The molecule has 0 aromatic carbocycles. The average molecular weight is 194 g/mol. The van der Waals surface area contributed by atoms with E-state index >= 15 is 0 Å². The first kappa shape index (κ1) is 8.80. The summed E-state index contributed by atoms with van der Waals surface area (Å²) in [7, 11) is 1.56. The molecule has 0 unspecified atom stereocenters. The van der Waals surface area contributed by atoms with E-state index in [1.54, 1.807) is 19.4 Å². The molecule has 2 rings (SSSR count). The number of amides is 1. The Hall–Kier alpha value is -1.78. The maximum Gasteiger partial charge on any atom is 0.407 e. The number of nitrogens with one attached hydrogen (secondary N) is 1. The Morgan fingerprint density at radius 2 is 2.50 bits per heavy atom. The molecule has 1 aromatic rings. The molecule has 5 nitrogen and oxygen atoms in total. The number of pyridine rings is 1. The smallest absolute Gasteiger partial charge is 0.407 e. The number of alkyl carbamates (subject to hydrolysis) is 1. The molecule has 5 heteroatoms. The molecule has 0 radical (unpaired) electrons. The van der Waals surface area contributed by atoms with E-state index in [-0.39, 0.29) is 12.1 Å². The normalized spacial score (nSPS) is 20.1. The molecule has 2 heterocycles. The van der Waals surface area contributed by atoms with Gasteiger partial charge in [0.15, 0.2) is 0 Å². The van der Waals surface area contributed by atoms with Gasteiger partial charge in [-0.3, -0.25) is 0 Å². The number of cyclic esters (lactones) is 1. The molecule has 0 aliphatic carbocycles. The molecule has 0 spiro atoms. The van der Waals surface area contributed by atoms with Gasteiger partial charge in [0.05, 0.1) is 13.2 Å². The molecule has 0 bridgehead atoms. The average Bonchev–Trinajstić information content (AvgIpc) is 2.65. The molecule has 1 aliphatic heterocycles. The number of nitrogens with zero attached hydrogens (tertiary/aromatic N) is 1. The Labute approximate surface area is 81.0 Å². The first-order chi connectivity index (χ1) is 6.79. The lowest BCUT2D eigenvalue weighted by Crippen LogP contribution is -2.18. The minimum absolute atomic E-state index is 0.0964. The fourth-order valence-electron chi connectivity index (χ4n) is 1.28. The minimum atomic E-state index is -0.384. The van der Waals surface area contributed by atoms with Crippen LogP contribution in [0.2, 0.25) is 0 Å². The maximum absolute atomic E-state index is 10.8. The highest BCUT2D eigenvalue weighted by atomic mass is 16.6. The largest absolute Gasteiger partial charge is 0.481 e. The van der Waals surface area contributed by atoms with Crippen molar-refractivity contribution in [2.45, 2.75) is 6.04 Å². The minimum Gasteiger partial charge on any atom is -0.481 e. The van der Waals surface area contributed by atoms with Gasteiger partial charge in [0.1, 0.15) is 6.61 Å². The van der Waals surface area contributed by atoms with E-state index in [9.17, 15) is 4.79 Å². The lowest BCUT2D eigenvalue weighted by molar-refractivity contribution is 0.177. The summed E-state index contributed by atoms with van der Waals surface area (Å²) in [4.78, 5) is 14.8. The zero-order chi connectivity index (χ0) is 9.97. The fourth-order valence-corrected chi connectivity index (χ4v) is 1.28. The van der Waals surface area contributed by atoms with Crippen LogP contribution in [0.15, 0.2) is 18.3 Å². The van der Waals surface area contributed by atoms with E-state index in [4.69, 9.17) is 9.47 Å².